The molecule has 1 saturated heterocycles. The second kappa shape index (κ2) is 10.7. The number of thiazole rings is 1. The molecule has 8 rings (SSSR count). The Bertz CT molecular complexity index is 1910. The molecule has 228 valence electrons. The van der Waals surface area contributed by atoms with Crippen LogP contribution in [-0.4, -0.2) is 34.6 Å². The van der Waals surface area contributed by atoms with E-state index in [9.17, 15) is 23.6 Å². The number of benzene rings is 3. The van der Waals surface area contributed by atoms with Crippen LogP contribution in [0, 0.1) is 42.3 Å². The lowest BCUT2D eigenvalue weighted by atomic mass is 9.68. The number of ether oxygens (including phenoxy) is 1. The highest BCUT2D eigenvalue weighted by Crippen LogP contribution is 2.68. The number of nitrogens with zero attached hydrogens (tertiary/aromatic N) is 1. The van der Waals surface area contributed by atoms with Crippen molar-refractivity contribution < 1.29 is 23.5 Å². The average Bonchev–Trinajstić information content (AvgIpc) is 3.77. The standard InChI is InChI=1S/C34H28FN3O5S2/c1-16-5-11-20(12-6-16)38-32(40)27-22-14-23(28(27)33(38)41)29-26(22)25(30-31(44-29)37-34(42)45-30)17-3-2-4-21(13-17)43-15-24(39)36-19-9-7-18(35)8-10-19/h2-13,22-23,25-29H,14-15H2,1H3,(H,36,39)(H,37,42)/t22-,23-,25+,26-,27+,28+,29-/m1/s1. The maximum atomic E-state index is 14.0. The largest absolute Gasteiger partial charge is 0.484 e. The molecule has 2 bridgehead atoms. The van der Waals surface area contributed by atoms with Crippen molar-refractivity contribution in [1.29, 1.82) is 0 Å². The summed E-state index contributed by atoms with van der Waals surface area (Å²) in [6.07, 6.45) is 0.798. The van der Waals surface area contributed by atoms with Gasteiger partial charge in [0, 0.05) is 21.7 Å². The van der Waals surface area contributed by atoms with E-state index in [0.717, 1.165) is 27.5 Å². The van der Waals surface area contributed by atoms with E-state index in [1.807, 2.05) is 49.4 Å². The zero-order valence-corrected chi connectivity index (χ0v) is 25.7. The van der Waals surface area contributed by atoms with Gasteiger partial charge in [-0.1, -0.05) is 41.2 Å². The number of nitrogens with one attached hydrogen (secondary N) is 2. The highest BCUT2D eigenvalue weighted by atomic mass is 32.2. The molecular formula is C34H28FN3O5S2. The minimum atomic E-state index is -0.390. The summed E-state index contributed by atoms with van der Waals surface area (Å²) in [5.41, 5.74) is 3.08. The fraction of sp³-hybridized carbons (Fsp3) is 0.294. The highest BCUT2D eigenvalue weighted by Gasteiger charge is 2.69. The number of anilines is 2. The summed E-state index contributed by atoms with van der Waals surface area (Å²) in [6, 6.07) is 20.6. The van der Waals surface area contributed by atoms with E-state index in [0.29, 0.717) is 17.1 Å². The maximum absolute atomic E-state index is 14.0. The first kappa shape index (κ1) is 28.3. The van der Waals surface area contributed by atoms with Gasteiger partial charge in [-0.15, -0.1) is 11.8 Å². The van der Waals surface area contributed by atoms with Crippen molar-refractivity contribution in [3.05, 3.63) is 104 Å². The van der Waals surface area contributed by atoms with E-state index in [-0.39, 0.29) is 70.0 Å². The third-order valence-corrected chi connectivity index (χ3v) is 12.3. The van der Waals surface area contributed by atoms with E-state index in [4.69, 9.17) is 4.74 Å². The smallest absolute Gasteiger partial charge is 0.305 e. The molecule has 0 spiro atoms. The van der Waals surface area contributed by atoms with E-state index in [1.54, 1.807) is 17.8 Å². The number of fused-ring (bicyclic) bond motifs is 9. The topological polar surface area (TPSA) is 109 Å². The summed E-state index contributed by atoms with van der Waals surface area (Å²) in [5, 5.41) is 3.60. The summed E-state index contributed by atoms with van der Waals surface area (Å²) < 4.78 is 19.1. The highest BCUT2D eigenvalue weighted by molar-refractivity contribution is 8.00. The van der Waals surface area contributed by atoms with Gasteiger partial charge in [0.05, 0.1) is 22.5 Å². The number of aromatic nitrogens is 1. The summed E-state index contributed by atoms with van der Waals surface area (Å²) in [6.45, 7) is 1.73. The van der Waals surface area contributed by atoms with Crippen LogP contribution in [0.2, 0.25) is 0 Å². The van der Waals surface area contributed by atoms with Gasteiger partial charge in [0.2, 0.25) is 11.8 Å². The van der Waals surface area contributed by atoms with Gasteiger partial charge in [-0.2, -0.15) is 0 Å². The van der Waals surface area contributed by atoms with Crippen LogP contribution in [0.1, 0.15) is 28.3 Å². The predicted molar refractivity (Wildman–Crippen MR) is 169 cm³/mol. The second-order valence-electron chi connectivity index (χ2n) is 12.2. The van der Waals surface area contributed by atoms with Crippen LogP contribution in [0.5, 0.6) is 5.75 Å². The van der Waals surface area contributed by atoms with Crippen molar-refractivity contribution in [1.82, 2.24) is 4.98 Å². The Kier molecular flexibility index (Phi) is 6.72. The zero-order valence-electron chi connectivity index (χ0n) is 24.1. The lowest BCUT2D eigenvalue weighted by Gasteiger charge is -2.43. The second-order valence-corrected chi connectivity index (χ2v) is 14.4. The number of aromatic amines is 1. The number of aryl methyl sites for hydroxylation is 1. The van der Waals surface area contributed by atoms with Crippen LogP contribution in [-0.2, 0) is 14.4 Å². The van der Waals surface area contributed by atoms with Gasteiger partial charge < -0.3 is 15.0 Å². The number of carbonyl (C=O) groups excluding carboxylic acids is 3. The van der Waals surface area contributed by atoms with Crippen LogP contribution in [0.4, 0.5) is 15.8 Å². The van der Waals surface area contributed by atoms with Crippen molar-refractivity contribution in [2.45, 2.75) is 29.5 Å². The van der Waals surface area contributed by atoms with Crippen LogP contribution >= 0.6 is 23.1 Å². The molecule has 7 atom stereocenters. The summed E-state index contributed by atoms with van der Waals surface area (Å²) in [5.74, 6) is -1.37. The molecular weight excluding hydrogens is 614 g/mol. The minimum absolute atomic E-state index is 0.00851. The zero-order chi connectivity index (χ0) is 31.0. The number of imide groups is 1. The first-order valence-electron chi connectivity index (χ1n) is 14.9. The van der Waals surface area contributed by atoms with E-state index >= 15 is 0 Å². The Hall–Kier alpha value is -4.22. The Balaban J connectivity index is 1.08. The van der Waals surface area contributed by atoms with E-state index < -0.39 is 5.82 Å². The molecule has 0 unspecified atom stereocenters. The van der Waals surface area contributed by atoms with Crippen molar-refractivity contribution in [2.75, 3.05) is 16.8 Å². The molecule has 3 heterocycles. The Morgan fingerprint density at radius 2 is 1.73 bits per heavy atom. The van der Waals surface area contributed by atoms with Crippen molar-refractivity contribution in [3.8, 4) is 5.75 Å². The summed E-state index contributed by atoms with van der Waals surface area (Å²) in [4.78, 5) is 58.2. The van der Waals surface area contributed by atoms with Crippen LogP contribution in [0.3, 0.4) is 0 Å². The number of hydrogen-bond acceptors (Lipinski definition) is 7. The molecule has 3 amide bonds. The van der Waals surface area contributed by atoms with E-state index in [2.05, 4.69) is 10.3 Å². The molecule has 4 aromatic rings. The van der Waals surface area contributed by atoms with Crippen molar-refractivity contribution in [2.24, 2.45) is 29.6 Å². The minimum Gasteiger partial charge on any atom is -0.484 e. The van der Waals surface area contributed by atoms with Gasteiger partial charge >= 0.3 is 4.87 Å². The number of H-pyrrole nitrogens is 1. The van der Waals surface area contributed by atoms with Crippen LogP contribution < -0.4 is 19.8 Å². The molecule has 3 aromatic carbocycles. The van der Waals surface area contributed by atoms with Crippen LogP contribution in [0.15, 0.2) is 82.6 Å². The Morgan fingerprint density at radius 1 is 1.00 bits per heavy atom. The van der Waals surface area contributed by atoms with Crippen molar-refractivity contribution in [3.63, 3.8) is 0 Å². The summed E-state index contributed by atoms with van der Waals surface area (Å²) >= 11 is 2.84. The monoisotopic (exact) mass is 641 g/mol. The van der Waals surface area contributed by atoms with Gasteiger partial charge in [0.1, 0.15) is 11.6 Å². The fourth-order valence-electron chi connectivity index (χ4n) is 8.02. The normalized spacial score (nSPS) is 27.7. The van der Waals surface area contributed by atoms with Gasteiger partial charge in [0.25, 0.3) is 5.91 Å². The van der Waals surface area contributed by atoms with E-state index in [1.165, 1.54) is 40.5 Å². The number of thioether (sulfide) groups is 1. The average molecular weight is 642 g/mol. The SMILES string of the molecule is Cc1ccc(N2C(=O)[C@H]3[C@H]4C[C@@H]([C@@H]3C2=O)[C@@H]2[C@H](c3cccc(OCC(=O)Nc5ccc(F)cc5)c3)c3sc(=O)[nH]c3S[C@H]42)cc1. The first-order chi connectivity index (χ1) is 21.8. The van der Waals surface area contributed by atoms with Gasteiger partial charge in [-0.3, -0.25) is 24.1 Å². The molecule has 45 heavy (non-hydrogen) atoms. The molecule has 3 fully saturated rings. The number of rotatable bonds is 6. The molecule has 0 radical (unpaired) electrons. The number of hydrogen-bond donors (Lipinski definition) is 2. The number of amides is 3. The molecule has 2 saturated carbocycles. The molecule has 4 aliphatic rings. The quantitative estimate of drug-likeness (QED) is 0.266. The molecule has 1 aromatic heterocycles. The third-order valence-electron chi connectivity index (χ3n) is 9.73. The first-order valence-corrected chi connectivity index (χ1v) is 16.6. The molecule has 2 N–H and O–H groups in total. The summed E-state index contributed by atoms with van der Waals surface area (Å²) in [7, 11) is 0. The molecule has 11 heteroatoms. The van der Waals surface area contributed by atoms with Gasteiger partial charge in [-0.25, -0.2) is 4.39 Å². The number of halogens is 1. The number of carbonyl (C=O) groups is 3. The molecule has 8 nitrogen and oxygen atoms in total. The lowest BCUT2D eigenvalue weighted by Crippen LogP contribution is -2.42. The molecule has 2 aliphatic heterocycles. The maximum Gasteiger partial charge on any atom is 0.305 e. The van der Waals surface area contributed by atoms with Crippen molar-refractivity contribution >= 4 is 52.2 Å². The third kappa shape index (κ3) is 4.63. The predicted octanol–water partition coefficient (Wildman–Crippen LogP) is 5.58. The Morgan fingerprint density at radius 3 is 2.49 bits per heavy atom. The van der Waals surface area contributed by atoms with Gasteiger partial charge in [-0.05, 0) is 85.2 Å². The van der Waals surface area contributed by atoms with Crippen LogP contribution in [0.25, 0.3) is 0 Å². The van der Waals surface area contributed by atoms with Gasteiger partial charge in [0.15, 0.2) is 6.61 Å². The lowest BCUT2D eigenvalue weighted by molar-refractivity contribution is -0.123. The molecule has 2 aliphatic carbocycles. The Labute approximate surface area is 266 Å². The fourth-order valence-corrected chi connectivity index (χ4v) is 10.9.